The summed E-state index contributed by atoms with van der Waals surface area (Å²) in [5.74, 6) is 0.829. The van der Waals surface area contributed by atoms with Gasteiger partial charge in [-0.25, -0.2) is 0 Å². The van der Waals surface area contributed by atoms with Crippen molar-refractivity contribution >= 4 is 5.69 Å². The van der Waals surface area contributed by atoms with E-state index in [0.717, 1.165) is 34.6 Å². The van der Waals surface area contributed by atoms with Crippen LogP contribution in [0.1, 0.15) is 18.2 Å². The second-order valence-electron chi connectivity index (χ2n) is 3.52. The molecule has 0 fully saturated rings. The van der Waals surface area contributed by atoms with Crippen molar-refractivity contribution in [2.75, 3.05) is 5.73 Å². The Morgan fingerprint density at radius 1 is 1.33 bits per heavy atom. The van der Waals surface area contributed by atoms with Crippen LogP contribution in [-0.4, -0.2) is 5.16 Å². The molecule has 1 aromatic carbocycles. The number of nitrogens with zero attached hydrogens (tertiary/aromatic N) is 1. The smallest absolute Gasteiger partial charge is 0.141 e. The first-order chi connectivity index (χ1) is 7.24. The van der Waals surface area contributed by atoms with Gasteiger partial charge in [-0.15, -0.1) is 0 Å². The summed E-state index contributed by atoms with van der Waals surface area (Å²) in [6.07, 6.45) is 2.65. The van der Waals surface area contributed by atoms with Gasteiger partial charge < -0.3 is 10.3 Å². The highest BCUT2D eigenvalue weighted by Gasteiger charge is 2.11. The molecule has 1 aromatic heterocycles. The second-order valence-corrected chi connectivity index (χ2v) is 3.52. The number of hydrogen-bond acceptors (Lipinski definition) is 3. The number of aryl methyl sites for hydroxylation is 1. The molecule has 3 nitrogen and oxygen atoms in total. The Morgan fingerprint density at radius 3 is 2.73 bits per heavy atom. The van der Waals surface area contributed by atoms with E-state index in [1.807, 2.05) is 19.1 Å². The van der Waals surface area contributed by atoms with Crippen LogP contribution in [0.25, 0.3) is 11.1 Å². The molecule has 15 heavy (non-hydrogen) atoms. The number of nitrogens with two attached hydrogens (primary N) is 1. The van der Waals surface area contributed by atoms with E-state index in [2.05, 4.69) is 18.1 Å². The normalized spacial score (nSPS) is 10.5. The maximum absolute atomic E-state index is 5.94. The lowest BCUT2D eigenvalue weighted by Gasteiger charge is -2.08. The van der Waals surface area contributed by atoms with Crippen molar-refractivity contribution in [2.24, 2.45) is 0 Å². The second kappa shape index (κ2) is 3.77. The SMILES string of the molecule is CCc1c(N)cccc1-c1cnoc1C. The van der Waals surface area contributed by atoms with Crippen LogP contribution in [0.5, 0.6) is 0 Å². The number of hydrogen-bond donors (Lipinski definition) is 1. The monoisotopic (exact) mass is 202 g/mol. The van der Waals surface area contributed by atoms with E-state index in [1.54, 1.807) is 6.20 Å². The fourth-order valence-corrected chi connectivity index (χ4v) is 1.81. The van der Waals surface area contributed by atoms with E-state index in [0.29, 0.717) is 0 Å². The summed E-state index contributed by atoms with van der Waals surface area (Å²) in [6.45, 7) is 4.00. The average Bonchev–Trinajstić information content (AvgIpc) is 2.64. The van der Waals surface area contributed by atoms with E-state index in [1.165, 1.54) is 0 Å². The molecule has 0 aliphatic heterocycles. The first-order valence-electron chi connectivity index (χ1n) is 5.03. The van der Waals surface area contributed by atoms with Crippen molar-refractivity contribution in [1.29, 1.82) is 0 Å². The molecule has 0 radical (unpaired) electrons. The van der Waals surface area contributed by atoms with Gasteiger partial charge in [-0.3, -0.25) is 0 Å². The van der Waals surface area contributed by atoms with Gasteiger partial charge in [0.1, 0.15) is 5.76 Å². The molecule has 0 aliphatic carbocycles. The fourth-order valence-electron chi connectivity index (χ4n) is 1.81. The first kappa shape index (κ1) is 9.77. The molecule has 2 N–H and O–H groups in total. The maximum atomic E-state index is 5.94. The Balaban J connectivity index is 2.63. The molecule has 78 valence electrons. The Hall–Kier alpha value is -1.77. The third-order valence-corrected chi connectivity index (χ3v) is 2.61. The standard InChI is InChI=1S/C12H14N2O/c1-3-9-10(5-4-6-12(9)13)11-7-14-15-8(11)2/h4-7H,3,13H2,1-2H3. The van der Waals surface area contributed by atoms with Crippen molar-refractivity contribution in [3.8, 4) is 11.1 Å². The number of benzene rings is 1. The Bertz CT molecular complexity index is 474. The lowest BCUT2D eigenvalue weighted by Crippen LogP contribution is -1.95. The molecule has 0 saturated carbocycles. The molecule has 0 bridgehead atoms. The van der Waals surface area contributed by atoms with Crippen LogP contribution < -0.4 is 5.73 Å². The van der Waals surface area contributed by atoms with Crippen LogP contribution in [-0.2, 0) is 6.42 Å². The van der Waals surface area contributed by atoms with Gasteiger partial charge in [0, 0.05) is 11.3 Å². The topological polar surface area (TPSA) is 52.0 Å². The largest absolute Gasteiger partial charge is 0.398 e. The summed E-state index contributed by atoms with van der Waals surface area (Å²) in [6, 6.07) is 5.93. The van der Waals surface area contributed by atoms with Gasteiger partial charge in [0.25, 0.3) is 0 Å². The van der Waals surface area contributed by atoms with Gasteiger partial charge in [0.15, 0.2) is 0 Å². The molecule has 1 heterocycles. The van der Waals surface area contributed by atoms with E-state index >= 15 is 0 Å². The van der Waals surface area contributed by atoms with Crippen molar-refractivity contribution < 1.29 is 4.52 Å². The van der Waals surface area contributed by atoms with Crippen LogP contribution in [0.15, 0.2) is 28.9 Å². The molecule has 0 unspecified atom stereocenters. The summed E-state index contributed by atoms with van der Waals surface area (Å²) in [4.78, 5) is 0. The molecule has 0 spiro atoms. The maximum Gasteiger partial charge on any atom is 0.141 e. The minimum atomic E-state index is 0.829. The van der Waals surface area contributed by atoms with Crippen LogP contribution in [0.3, 0.4) is 0 Å². The molecular weight excluding hydrogens is 188 g/mol. The minimum absolute atomic E-state index is 0.829. The first-order valence-corrected chi connectivity index (χ1v) is 5.03. The van der Waals surface area contributed by atoms with Gasteiger partial charge in [0.05, 0.1) is 6.20 Å². The molecule has 3 heteroatoms. The lowest BCUT2D eigenvalue weighted by molar-refractivity contribution is 0.398. The molecule has 0 atom stereocenters. The molecule has 2 aromatic rings. The van der Waals surface area contributed by atoms with Crippen molar-refractivity contribution in [2.45, 2.75) is 20.3 Å². The molecular formula is C12H14N2O. The molecule has 0 amide bonds. The van der Waals surface area contributed by atoms with Crippen LogP contribution >= 0.6 is 0 Å². The summed E-state index contributed by atoms with van der Waals surface area (Å²) >= 11 is 0. The highest BCUT2D eigenvalue weighted by Crippen LogP contribution is 2.30. The van der Waals surface area contributed by atoms with Gasteiger partial charge in [-0.1, -0.05) is 24.2 Å². The minimum Gasteiger partial charge on any atom is -0.398 e. The van der Waals surface area contributed by atoms with E-state index in [4.69, 9.17) is 10.3 Å². The third kappa shape index (κ3) is 1.61. The van der Waals surface area contributed by atoms with Crippen molar-refractivity contribution in [3.63, 3.8) is 0 Å². The average molecular weight is 202 g/mol. The Morgan fingerprint density at radius 2 is 2.13 bits per heavy atom. The predicted molar refractivity (Wildman–Crippen MR) is 60.5 cm³/mol. The summed E-state index contributed by atoms with van der Waals surface area (Å²) < 4.78 is 5.07. The molecule has 0 saturated heterocycles. The quantitative estimate of drug-likeness (QED) is 0.762. The number of rotatable bonds is 2. The zero-order valence-corrected chi connectivity index (χ0v) is 8.95. The van der Waals surface area contributed by atoms with Gasteiger partial charge >= 0.3 is 0 Å². The van der Waals surface area contributed by atoms with Gasteiger partial charge in [-0.2, -0.15) is 0 Å². The zero-order valence-electron chi connectivity index (χ0n) is 8.95. The zero-order chi connectivity index (χ0) is 10.8. The van der Waals surface area contributed by atoms with E-state index < -0.39 is 0 Å². The van der Waals surface area contributed by atoms with Crippen LogP contribution in [0, 0.1) is 6.92 Å². The molecule has 0 aliphatic rings. The van der Waals surface area contributed by atoms with Crippen LogP contribution in [0.4, 0.5) is 5.69 Å². The van der Waals surface area contributed by atoms with E-state index in [-0.39, 0.29) is 0 Å². The predicted octanol–water partition coefficient (Wildman–Crippen LogP) is 2.79. The summed E-state index contributed by atoms with van der Waals surface area (Å²) in [7, 11) is 0. The van der Waals surface area contributed by atoms with E-state index in [9.17, 15) is 0 Å². The summed E-state index contributed by atoms with van der Waals surface area (Å²) in [5.41, 5.74) is 10.1. The van der Waals surface area contributed by atoms with Gasteiger partial charge in [-0.05, 0) is 30.5 Å². The Labute approximate surface area is 88.9 Å². The highest BCUT2D eigenvalue weighted by molar-refractivity contribution is 5.73. The number of anilines is 1. The van der Waals surface area contributed by atoms with Crippen LogP contribution in [0.2, 0.25) is 0 Å². The Kier molecular flexibility index (Phi) is 2.46. The summed E-state index contributed by atoms with van der Waals surface area (Å²) in [5, 5.41) is 3.79. The molecule has 2 rings (SSSR count). The fraction of sp³-hybridized carbons (Fsp3) is 0.250. The van der Waals surface area contributed by atoms with Gasteiger partial charge in [0.2, 0.25) is 0 Å². The third-order valence-electron chi connectivity index (χ3n) is 2.61. The van der Waals surface area contributed by atoms with Crippen molar-refractivity contribution in [1.82, 2.24) is 5.16 Å². The number of aromatic nitrogens is 1. The lowest BCUT2D eigenvalue weighted by atomic mass is 9.97. The number of nitrogen functional groups attached to an aromatic ring is 1. The highest BCUT2D eigenvalue weighted by atomic mass is 16.5. The van der Waals surface area contributed by atoms with Crippen molar-refractivity contribution in [3.05, 3.63) is 35.7 Å².